The number of para-hydroxylation sites is 1. The second-order valence-electron chi connectivity index (χ2n) is 6.04. The summed E-state index contributed by atoms with van der Waals surface area (Å²) in [6, 6.07) is 15.1. The largest absolute Gasteiger partial charge is 0.326 e. The first-order valence-electron chi connectivity index (χ1n) is 7.79. The Bertz CT molecular complexity index is 740. The maximum absolute atomic E-state index is 12.3. The molecule has 1 saturated carbocycles. The molecule has 1 aliphatic carbocycles. The lowest BCUT2D eigenvalue weighted by atomic mass is 10.1. The van der Waals surface area contributed by atoms with Gasteiger partial charge in [0.05, 0.1) is 11.8 Å². The fraction of sp³-hybridized carbons (Fsp3) is 0.263. The van der Waals surface area contributed by atoms with E-state index in [9.17, 15) is 9.59 Å². The van der Waals surface area contributed by atoms with Crippen molar-refractivity contribution in [2.75, 3.05) is 10.6 Å². The summed E-state index contributed by atoms with van der Waals surface area (Å²) < 4.78 is 0. The molecule has 0 bridgehead atoms. The third-order valence-corrected chi connectivity index (χ3v) is 4.37. The Labute approximate surface area is 135 Å². The van der Waals surface area contributed by atoms with Crippen molar-refractivity contribution in [3.63, 3.8) is 0 Å². The molecule has 0 aromatic heterocycles. The molecule has 2 aromatic rings. The standard InChI is InChI=1S/C19H20N2O2/c1-12-7-6-10-17(13(12)2)21-19(23)16-11-15(16)18(22)20-14-8-4-3-5-9-14/h3-10,15-16H,11H2,1-2H3,(H,20,22)(H,21,23). The fourth-order valence-corrected chi connectivity index (χ4v) is 2.64. The van der Waals surface area contributed by atoms with Gasteiger partial charge in [0, 0.05) is 11.4 Å². The Morgan fingerprint density at radius 2 is 1.52 bits per heavy atom. The van der Waals surface area contributed by atoms with Crippen LogP contribution in [0.5, 0.6) is 0 Å². The van der Waals surface area contributed by atoms with Gasteiger partial charge in [-0.15, -0.1) is 0 Å². The number of anilines is 2. The summed E-state index contributed by atoms with van der Waals surface area (Å²) in [5, 5.41) is 5.80. The molecule has 1 aliphatic rings. The maximum Gasteiger partial charge on any atom is 0.228 e. The first kappa shape index (κ1) is 15.3. The summed E-state index contributed by atoms with van der Waals surface area (Å²) in [6.45, 7) is 4.00. The molecule has 4 heteroatoms. The van der Waals surface area contributed by atoms with Gasteiger partial charge >= 0.3 is 0 Å². The van der Waals surface area contributed by atoms with Crippen LogP contribution < -0.4 is 10.6 Å². The van der Waals surface area contributed by atoms with Crippen molar-refractivity contribution in [3.05, 3.63) is 59.7 Å². The molecule has 0 radical (unpaired) electrons. The van der Waals surface area contributed by atoms with Crippen molar-refractivity contribution in [3.8, 4) is 0 Å². The van der Waals surface area contributed by atoms with E-state index in [4.69, 9.17) is 0 Å². The highest BCUT2D eigenvalue weighted by molar-refractivity contribution is 6.03. The van der Waals surface area contributed by atoms with Gasteiger partial charge in [0.15, 0.2) is 0 Å². The van der Waals surface area contributed by atoms with Gasteiger partial charge in [-0.1, -0.05) is 30.3 Å². The Morgan fingerprint density at radius 3 is 2.22 bits per heavy atom. The van der Waals surface area contributed by atoms with Crippen molar-refractivity contribution >= 4 is 23.2 Å². The second-order valence-corrected chi connectivity index (χ2v) is 6.04. The Hall–Kier alpha value is -2.62. The molecule has 0 saturated heterocycles. The van der Waals surface area contributed by atoms with E-state index in [1.165, 1.54) is 0 Å². The van der Waals surface area contributed by atoms with Crippen molar-refractivity contribution in [2.45, 2.75) is 20.3 Å². The quantitative estimate of drug-likeness (QED) is 0.908. The summed E-state index contributed by atoms with van der Waals surface area (Å²) in [7, 11) is 0. The minimum absolute atomic E-state index is 0.0769. The maximum atomic E-state index is 12.3. The molecule has 0 spiro atoms. The molecule has 2 unspecified atom stereocenters. The number of carbonyl (C=O) groups excluding carboxylic acids is 2. The van der Waals surface area contributed by atoms with Crippen molar-refractivity contribution in [1.82, 2.24) is 0 Å². The lowest BCUT2D eigenvalue weighted by Crippen LogP contribution is -2.21. The van der Waals surface area contributed by atoms with Gasteiger partial charge in [-0.3, -0.25) is 9.59 Å². The van der Waals surface area contributed by atoms with E-state index in [1.807, 2.05) is 62.4 Å². The van der Waals surface area contributed by atoms with Crippen LogP contribution in [0.2, 0.25) is 0 Å². The molecule has 2 N–H and O–H groups in total. The number of hydrogen-bond acceptors (Lipinski definition) is 2. The van der Waals surface area contributed by atoms with Gasteiger partial charge in [-0.05, 0) is 49.6 Å². The van der Waals surface area contributed by atoms with E-state index in [1.54, 1.807) is 0 Å². The van der Waals surface area contributed by atoms with Crippen molar-refractivity contribution in [2.24, 2.45) is 11.8 Å². The molecule has 0 heterocycles. The third-order valence-electron chi connectivity index (χ3n) is 4.37. The highest BCUT2D eigenvalue weighted by Crippen LogP contribution is 2.40. The smallest absolute Gasteiger partial charge is 0.228 e. The summed E-state index contributed by atoms with van der Waals surface area (Å²) >= 11 is 0. The Morgan fingerprint density at radius 1 is 0.870 bits per heavy atom. The summed E-state index contributed by atoms with van der Waals surface area (Å²) in [4.78, 5) is 24.5. The predicted molar refractivity (Wildman–Crippen MR) is 91.2 cm³/mol. The van der Waals surface area contributed by atoms with E-state index in [0.717, 1.165) is 22.5 Å². The Balaban J connectivity index is 1.58. The van der Waals surface area contributed by atoms with Gasteiger partial charge in [-0.2, -0.15) is 0 Å². The third kappa shape index (κ3) is 3.42. The number of nitrogens with one attached hydrogen (secondary N) is 2. The first-order valence-corrected chi connectivity index (χ1v) is 7.79. The molecule has 3 rings (SSSR count). The van der Waals surface area contributed by atoms with Gasteiger partial charge in [-0.25, -0.2) is 0 Å². The van der Waals surface area contributed by atoms with Gasteiger partial charge in [0.2, 0.25) is 11.8 Å². The van der Waals surface area contributed by atoms with E-state index >= 15 is 0 Å². The van der Waals surface area contributed by atoms with Crippen molar-refractivity contribution < 1.29 is 9.59 Å². The summed E-state index contributed by atoms with van der Waals surface area (Å²) in [5.74, 6) is -0.636. The van der Waals surface area contributed by atoms with Crippen LogP contribution >= 0.6 is 0 Å². The highest BCUT2D eigenvalue weighted by atomic mass is 16.2. The second kappa shape index (κ2) is 6.24. The molecule has 1 fully saturated rings. The molecule has 118 valence electrons. The van der Waals surface area contributed by atoms with Crippen molar-refractivity contribution in [1.29, 1.82) is 0 Å². The summed E-state index contributed by atoms with van der Waals surface area (Å²) in [5.41, 5.74) is 3.78. The fourth-order valence-electron chi connectivity index (χ4n) is 2.64. The number of hydrogen-bond donors (Lipinski definition) is 2. The highest BCUT2D eigenvalue weighted by Gasteiger charge is 2.48. The Kier molecular flexibility index (Phi) is 4.15. The lowest BCUT2D eigenvalue weighted by molar-refractivity contribution is -0.122. The molecule has 2 aromatic carbocycles. The topological polar surface area (TPSA) is 58.2 Å². The number of benzene rings is 2. The zero-order valence-electron chi connectivity index (χ0n) is 13.3. The monoisotopic (exact) mass is 308 g/mol. The SMILES string of the molecule is Cc1cccc(NC(=O)C2CC2C(=O)Nc2ccccc2)c1C. The van der Waals surface area contributed by atoms with Gasteiger partial charge < -0.3 is 10.6 Å². The van der Waals surface area contributed by atoms with Crippen LogP contribution in [0.15, 0.2) is 48.5 Å². The number of aryl methyl sites for hydroxylation is 1. The minimum Gasteiger partial charge on any atom is -0.326 e. The molecule has 23 heavy (non-hydrogen) atoms. The molecule has 0 aliphatic heterocycles. The van der Waals surface area contributed by atoms with Crippen LogP contribution in [-0.2, 0) is 9.59 Å². The zero-order valence-corrected chi connectivity index (χ0v) is 13.3. The minimum atomic E-state index is -0.237. The van der Waals surface area contributed by atoms with Crippen LogP contribution in [0, 0.1) is 25.7 Å². The average Bonchev–Trinajstić information content (AvgIpc) is 3.33. The molecular formula is C19H20N2O2. The summed E-state index contributed by atoms with van der Waals surface area (Å²) in [6.07, 6.45) is 0.607. The zero-order chi connectivity index (χ0) is 16.4. The van der Waals surface area contributed by atoms with E-state index in [2.05, 4.69) is 10.6 Å². The predicted octanol–water partition coefficient (Wildman–Crippen LogP) is 3.52. The van der Waals surface area contributed by atoms with E-state index < -0.39 is 0 Å². The van der Waals surface area contributed by atoms with Crippen LogP contribution in [0.4, 0.5) is 11.4 Å². The number of carbonyl (C=O) groups is 2. The van der Waals surface area contributed by atoms with E-state index in [-0.39, 0.29) is 23.7 Å². The van der Waals surface area contributed by atoms with Crippen LogP contribution in [0.3, 0.4) is 0 Å². The number of amides is 2. The van der Waals surface area contributed by atoms with E-state index in [0.29, 0.717) is 6.42 Å². The number of rotatable bonds is 4. The first-order chi connectivity index (χ1) is 11.1. The molecular weight excluding hydrogens is 288 g/mol. The molecule has 2 amide bonds. The van der Waals surface area contributed by atoms with Gasteiger partial charge in [0.25, 0.3) is 0 Å². The average molecular weight is 308 g/mol. The van der Waals surface area contributed by atoms with Crippen LogP contribution in [0.1, 0.15) is 17.5 Å². The van der Waals surface area contributed by atoms with Crippen LogP contribution in [-0.4, -0.2) is 11.8 Å². The lowest BCUT2D eigenvalue weighted by Gasteiger charge is -2.10. The normalized spacial score (nSPS) is 19.0. The van der Waals surface area contributed by atoms with Crippen LogP contribution in [0.25, 0.3) is 0 Å². The van der Waals surface area contributed by atoms with Gasteiger partial charge in [0.1, 0.15) is 0 Å². The molecule has 4 nitrogen and oxygen atoms in total. The molecule has 2 atom stereocenters.